The Bertz CT molecular complexity index is 1190. The van der Waals surface area contributed by atoms with Crippen LogP contribution in [-0.4, -0.2) is 45.4 Å². The van der Waals surface area contributed by atoms with Gasteiger partial charge in [0.05, 0.1) is 29.0 Å². The third-order valence-corrected chi connectivity index (χ3v) is 5.38. The highest BCUT2D eigenvalue weighted by molar-refractivity contribution is 7.16. The van der Waals surface area contributed by atoms with Gasteiger partial charge in [-0.05, 0) is 52.0 Å². The number of ether oxygens (including phenoxy) is 2. The molecule has 0 aliphatic rings. The molecule has 0 atom stereocenters. The number of rotatable bonds is 7. The van der Waals surface area contributed by atoms with Crippen LogP contribution in [0.25, 0.3) is 10.2 Å². The predicted octanol–water partition coefficient (Wildman–Crippen LogP) is 2.96. The zero-order chi connectivity index (χ0) is 22.5. The van der Waals surface area contributed by atoms with Gasteiger partial charge < -0.3 is 14.0 Å². The van der Waals surface area contributed by atoms with Gasteiger partial charge >= 0.3 is 11.9 Å². The quantitative estimate of drug-likeness (QED) is 0.519. The largest absolute Gasteiger partial charge is 0.465 e. The van der Waals surface area contributed by atoms with Gasteiger partial charge in [0.1, 0.15) is 6.54 Å². The third-order valence-electron chi connectivity index (χ3n) is 4.34. The van der Waals surface area contributed by atoms with Crippen LogP contribution in [0.15, 0.2) is 35.5 Å². The van der Waals surface area contributed by atoms with Crippen LogP contribution in [0, 0.1) is 0 Å². The first-order chi connectivity index (χ1) is 14.8. The van der Waals surface area contributed by atoms with Crippen molar-refractivity contribution in [3.05, 3.63) is 46.5 Å². The van der Waals surface area contributed by atoms with Crippen LogP contribution < -0.4 is 4.80 Å². The van der Waals surface area contributed by atoms with E-state index in [2.05, 4.69) is 10.1 Å². The molecule has 0 radical (unpaired) electrons. The van der Waals surface area contributed by atoms with Crippen LogP contribution in [0.3, 0.4) is 0 Å². The van der Waals surface area contributed by atoms with Crippen LogP contribution in [0.2, 0.25) is 0 Å². The summed E-state index contributed by atoms with van der Waals surface area (Å²) in [6.45, 7) is 7.77. The summed E-state index contributed by atoms with van der Waals surface area (Å²) in [4.78, 5) is 41.5. The zero-order valence-corrected chi connectivity index (χ0v) is 18.6. The number of thiazole rings is 1. The molecule has 3 aromatic rings. The monoisotopic (exact) mass is 444 g/mol. The van der Waals surface area contributed by atoms with Crippen molar-refractivity contribution in [2.24, 2.45) is 4.99 Å². The Labute approximate surface area is 182 Å². The highest BCUT2D eigenvalue weighted by atomic mass is 32.1. The second-order valence-electron chi connectivity index (χ2n) is 6.87. The first-order valence-corrected chi connectivity index (χ1v) is 10.8. The van der Waals surface area contributed by atoms with Crippen LogP contribution in [0.5, 0.6) is 0 Å². The van der Waals surface area contributed by atoms with E-state index in [1.165, 1.54) is 11.3 Å². The molecule has 0 fully saturated rings. The number of fused-ring (bicyclic) bond motifs is 1. The molecule has 2 heterocycles. The van der Waals surface area contributed by atoms with Crippen molar-refractivity contribution in [2.75, 3.05) is 13.2 Å². The van der Waals surface area contributed by atoms with E-state index in [0.29, 0.717) is 20.6 Å². The lowest BCUT2D eigenvalue weighted by Gasteiger charge is -2.06. The summed E-state index contributed by atoms with van der Waals surface area (Å²) < 4.78 is 14.1. The number of carbonyl (C=O) groups excluding carboxylic acids is 3. The van der Waals surface area contributed by atoms with Gasteiger partial charge in [0.15, 0.2) is 10.5 Å². The normalized spacial score (nSPS) is 11.8. The van der Waals surface area contributed by atoms with Crippen LogP contribution >= 0.6 is 11.3 Å². The fourth-order valence-electron chi connectivity index (χ4n) is 2.87. The van der Waals surface area contributed by atoms with Crippen molar-refractivity contribution < 1.29 is 23.9 Å². The van der Waals surface area contributed by atoms with Crippen molar-refractivity contribution in [2.45, 2.75) is 40.3 Å². The Balaban J connectivity index is 2.08. The van der Waals surface area contributed by atoms with Gasteiger partial charge in [-0.1, -0.05) is 11.3 Å². The minimum Gasteiger partial charge on any atom is -0.465 e. The van der Waals surface area contributed by atoms with Gasteiger partial charge in [0, 0.05) is 12.2 Å². The molecule has 1 amide bonds. The summed E-state index contributed by atoms with van der Waals surface area (Å²) >= 11 is 1.20. The van der Waals surface area contributed by atoms with E-state index in [9.17, 15) is 14.4 Å². The van der Waals surface area contributed by atoms with Crippen molar-refractivity contribution >= 4 is 39.4 Å². The molecule has 0 N–H and O–H groups in total. The molecule has 0 unspecified atom stereocenters. The molecule has 9 nitrogen and oxygen atoms in total. The first-order valence-electron chi connectivity index (χ1n) is 9.94. The van der Waals surface area contributed by atoms with Crippen molar-refractivity contribution in [3.8, 4) is 0 Å². The highest BCUT2D eigenvalue weighted by Crippen LogP contribution is 2.20. The van der Waals surface area contributed by atoms with E-state index in [1.54, 1.807) is 53.6 Å². The molecule has 31 heavy (non-hydrogen) atoms. The molecule has 2 aromatic heterocycles. The summed E-state index contributed by atoms with van der Waals surface area (Å²) in [6.07, 6.45) is 1.72. The zero-order valence-electron chi connectivity index (χ0n) is 17.8. The van der Waals surface area contributed by atoms with E-state index >= 15 is 0 Å². The van der Waals surface area contributed by atoms with Gasteiger partial charge in [0.2, 0.25) is 0 Å². The standard InChI is InChI=1S/C21H24N4O5S/c1-5-29-18(26)12-24-16-8-7-14(20(28)30-6-2)11-17(16)31-21(24)22-19(27)15-9-10-25(23-15)13(3)4/h7-11,13H,5-6,12H2,1-4H3. The molecule has 0 bridgehead atoms. The topological polar surface area (TPSA) is 105 Å². The summed E-state index contributed by atoms with van der Waals surface area (Å²) in [5, 5.41) is 4.25. The Morgan fingerprint density at radius 2 is 1.87 bits per heavy atom. The Kier molecular flexibility index (Phi) is 7.01. The number of carbonyl (C=O) groups is 3. The molecule has 3 rings (SSSR count). The van der Waals surface area contributed by atoms with E-state index in [4.69, 9.17) is 9.47 Å². The van der Waals surface area contributed by atoms with Crippen molar-refractivity contribution in [3.63, 3.8) is 0 Å². The van der Waals surface area contributed by atoms with Gasteiger partial charge in [-0.15, -0.1) is 0 Å². The molecule has 0 aliphatic carbocycles. The van der Waals surface area contributed by atoms with E-state index in [1.807, 2.05) is 13.8 Å². The molecule has 0 aliphatic heterocycles. The molecule has 0 spiro atoms. The average molecular weight is 445 g/mol. The van der Waals surface area contributed by atoms with E-state index < -0.39 is 17.8 Å². The molecular weight excluding hydrogens is 420 g/mol. The van der Waals surface area contributed by atoms with Crippen LogP contribution in [0.4, 0.5) is 0 Å². The minimum absolute atomic E-state index is 0.112. The number of nitrogens with zero attached hydrogens (tertiary/aromatic N) is 4. The SMILES string of the molecule is CCOC(=O)Cn1c(=NC(=O)c2ccn(C(C)C)n2)sc2cc(C(=O)OCC)ccc21. The predicted molar refractivity (Wildman–Crippen MR) is 115 cm³/mol. The maximum absolute atomic E-state index is 12.7. The lowest BCUT2D eigenvalue weighted by molar-refractivity contribution is -0.143. The number of benzene rings is 1. The van der Waals surface area contributed by atoms with Crippen LogP contribution in [-0.2, 0) is 20.8 Å². The lowest BCUT2D eigenvalue weighted by Crippen LogP contribution is -2.23. The lowest BCUT2D eigenvalue weighted by atomic mass is 10.2. The average Bonchev–Trinajstić information content (AvgIpc) is 3.34. The maximum Gasteiger partial charge on any atom is 0.338 e. The molecule has 164 valence electrons. The molecule has 10 heteroatoms. The number of esters is 2. The van der Waals surface area contributed by atoms with Crippen molar-refractivity contribution in [1.29, 1.82) is 0 Å². The van der Waals surface area contributed by atoms with Crippen LogP contribution in [0.1, 0.15) is 54.6 Å². The second-order valence-corrected chi connectivity index (χ2v) is 7.88. The third kappa shape index (κ3) is 5.08. The summed E-state index contributed by atoms with van der Waals surface area (Å²) in [7, 11) is 0. The molecule has 0 saturated heterocycles. The Hall–Kier alpha value is -3.27. The highest BCUT2D eigenvalue weighted by Gasteiger charge is 2.16. The molecule has 0 saturated carbocycles. The maximum atomic E-state index is 12.7. The van der Waals surface area contributed by atoms with Gasteiger partial charge in [0.25, 0.3) is 5.91 Å². The number of hydrogen-bond donors (Lipinski definition) is 0. The fourth-order valence-corrected chi connectivity index (χ4v) is 3.94. The summed E-state index contributed by atoms with van der Waals surface area (Å²) in [5.74, 6) is -1.41. The smallest absolute Gasteiger partial charge is 0.338 e. The molecule has 1 aromatic carbocycles. The van der Waals surface area contributed by atoms with E-state index in [0.717, 1.165) is 0 Å². The fraction of sp³-hybridized carbons (Fsp3) is 0.381. The first kappa shape index (κ1) is 22.4. The Morgan fingerprint density at radius 3 is 2.52 bits per heavy atom. The van der Waals surface area contributed by atoms with Gasteiger partial charge in [-0.2, -0.15) is 10.1 Å². The van der Waals surface area contributed by atoms with Crippen molar-refractivity contribution in [1.82, 2.24) is 14.3 Å². The minimum atomic E-state index is -0.519. The number of aromatic nitrogens is 3. The summed E-state index contributed by atoms with van der Waals surface area (Å²) in [5.41, 5.74) is 1.25. The van der Waals surface area contributed by atoms with E-state index in [-0.39, 0.29) is 31.5 Å². The molecular formula is C21H24N4O5S. The Morgan fingerprint density at radius 1 is 1.13 bits per heavy atom. The number of amides is 1. The second kappa shape index (κ2) is 9.69. The number of hydrogen-bond acceptors (Lipinski definition) is 7. The summed E-state index contributed by atoms with van der Waals surface area (Å²) in [6, 6.07) is 6.70. The van der Waals surface area contributed by atoms with Gasteiger partial charge in [-0.25, -0.2) is 4.79 Å². The van der Waals surface area contributed by atoms with Gasteiger partial charge in [-0.3, -0.25) is 14.3 Å².